The van der Waals surface area contributed by atoms with Crippen molar-refractivity contribution in [2.75, 3.05) is 5.32 Å². The van der Waals surface area contributed by atoms with E-state index >= 15 is 0 Å². The molecule has 0 spiro atoms. The highest BCUT2D eigenvalue weighted by Crippen LogP contribution is 2.09. The van der Waals surface area contributed by atoms with Gasteiger partial charge in [0.15, 0.2) is 0 Å². The number of carbonyl (C=O) groups is 2. The van der Waals surface area contributed by atoms with Crippen LogP contribution < -0.4 is 5.32 Å². The van der Waals surface area contributed by atoms with Crippen LogP contribution in [0.5, 0.6) is 0 Å². The van der Waals surface area contributed by atoms with Crippen molar-refractivity contribution in [3.05, 3.63) is 40.5 Å². The zero-order chi connectivity index (χ0) is 12.3. The number of hydrogen-bond acceptors (Lipinski definition) is 5. The van der Waals surface area contributed by atoms with Crippen molar-refractivity contribution < 1.29 is 14.7 Å². The van der Waals surface area contributed by atoms with E-state index in [9.17, 15) is 9.59 Å². The molecule has 0 radical (unpaired) electrons. The second-order valence-corrected chi connectivity index (χ2v) is 3.78. The van der Waals surface area contributed by atoms with Crippen LogP contribution in [-0.4, -0.2) is 27.0 Å². The van der Waals surface area contributed by atoms with Crippen LogP contribution in [0.15, 0.2) is 29.2 Å². The minimum atomic E-state index is -1.07. The molecule has 0 saturated carbocycles. The molecule has 17 heavy (non-hydrogen) atoms. The number of anilines is 1. The number of aromatic carboxylic acids is 1. The lowest BCUT2D eigenvalue weighted by Gasteiger charge is -2.02. The fraction of sp³-hybridized carbons (Fsp3) is 0. The van der Waals surface area contributed by atoms with E-state index in [-0.39, 0.29) is 17.1 Å². The van der Waals surface area contributed by atoms with Gasteiger partial charge in [-0.1, -0.05) is 0 Å². The van der Waals surface area contributed by atoms with Crippen LogP contribution in [0, 0.1) is 0 Å². The minimum absolute atomic E-state index is 0.0635. The van der Waals surface area contributed by atoms with Crippen LogP contribution in [0.3, 0.4) is 0 Å². The molecule has 86 valence electrons. The number of aromatic nitrogens is 2. The number of rotatable bonds is 3. The highest BCUT2D eigenvalue weighted by molar-refractivity contribution is 7.07. The van der Waals surface area contributed by atoms with Gasteiger partial charge < -0.3 is 10.4 Å². The number of carboxylic acid groups (broad SMARTS) is 1. The summed E-state index contributed by atoms with van der Waals surface area (Å²) in [6.45, 7) is 0. The quantitative estimate of drug-likeness (QED) is 0.859. The summed E-state index contributed by atoms with van der Waals surface area (Å²) in [6, 6.07) is 2.63. The standard InChI is InChI=1S/C10H7N3O3S/c14-9(7-4-17-5-12-7)13-8-3-6(10(15)16)1-2-11-8/h1-5H,(H,15,16)(H,11,13,14). The maximum atomic E-state index is 11.6. The van der Waals surface area contributed by atoms with E-state index in [0.29, 0.717) is 0 Å². The Hall–Kier alpha value is -2.28. The van der Waals surface area contributed by atoms with Crippen molar-refractivity contribution in [1.29, 1.82) is 0 Å². The van der Waals surface area contributed by atoms with Crippen LogP contribution >= 0.6 is 11.3 Å². The first-order valence-corrected chi connectivity index (χ1v) is 5.50. The SMILES string of the molecule is O=C(O)c1ccnc(NC(=O)c2cscn2)c1. The molecule has 0 aliphatic rings. The number of nitrogens with zero attached hydrogens (tertiary/aromatic N) is 2. The Kier molecular flexibility index (Phi) is 3.10. The number of carboxylic acids is 1. The van der Waals surface area contributed by atoms with Gasteiger partial charge in [-0.2, -0.15) is 0 Å². The second kappa shape index (κ2) is 4.71. The van der Waals surface area contributed by atoms with Gasteiger partial charge in [0, 0.05) is 11.6 Å². The molecular formula is C10H7N3O3S. The van der Waals surface area contributed by atoms with E-state index < -0.39 is 11.9 Å². The third-order valence-corrected chi connectivity index (χ3v) is 2.50. The van der Waals surface area contributed by atoms with Crippen molar-refractivity contribution in [3.8, 4) is 0 Å². The molecule has 2 N–H and O–H groups in total. The van der Waals surface area contributed by atoms with Crippen LogP contribution in [0.1, 0.15) is 20.8 Å². The smallest absolute Gasteiger partial charge is 0.335 e. The number of pyridine rings is 1. The van der Waals surface area contributed by atoms with Crippen LogP contribution in [0.2, 0.25) is 0 Å². The molecule has 6 nitrogen and oxygen atoms in total. The van der Waals surface area contributed by atoms with Gasteiger partial charge in [0.1, 0.15) is 11.5 Å². The zero-order valence-electron chi connectivity index (χ0n) is 8.45. The van der Waals surface area contributed by atoms with Gasteiger partial charge in [0.05, 0.1) is 11.1 Å². The zero-order valence-corrected chi connectivity index (χ0v) is 9.27. The lowest BCUT2D eigenvalue weighted by atomic mass is 10.2. The highest BCUT2D eigenvalue weighted by Gasteiger charge is 2.10. The molecule has 0 saturated heterocycles. The number of thiazole rings is 1. The van der Waals surface area contributed by atoms with Crippen LogP contribution in [-0.2, 0) is 0 Å². The van der Waals surface area contributed by atoms with E-state index in [1.54, 1.807) is 5.38 Å². The number of amides is 1. The molecule has 0 fully saturated rings. The average molecular weight is 249 g/mol. The molecule has 2 aromatic rings. The first-order chi connectivity index (χ1) is 8.16. The molecule has 0 aliphatic carbocycles. The highest BCUT2D eigenvalue weighted by atomic mass is 32.1. The Bertz CT molecular complexity index is 554. The maximum Gasteiger partial charge on any atom is 0.335 e. The minimum Gasteiger partial charge on any atom is -0.478 e. The van der Waals surface area contributed by atoms with Gasteiger partial charge in [-0.05, 0) is 12.1 Å². The summed E-state index contributed by atoms with van der Waals surface area (Å²) in [7, 11) is 0. The summed E-state index contributed by atoms with van der Waals surface area (Å²) in [6.07, 6.45) is 1.32. The summed E-state index contributed by atoms with van der Waals surface area (Å²) in [5.41, 5.74) is 1.88. The first kappa shape index (κ1) is 11.2. The molecule has 7 heteroatoms. The molecule has 0 bridgehead atoms. The molecule has 1 amide bonds. The normalized spacial score (nSPS) is 9.88. The fourth-order valence-electron chi connectivity index (χ4n) is 1.14. The van der Waals surface area contributed by atoms with E-state index in [1.165, 1.54) is 35.2 Å². The molecule has 0 unspecified atom stereocenters. The molecule has 2 rings (SSSR count). The first-order valence-electron chi connectivity index (χ1n) is 4.55. The molecule has 0 atom stereocenters. The molecule has 2 heterocycles. The van der Waals surface area contributed by atoms with Gasteiger partial charge in [0.25, 0.3) is 5.91 Å². The van der Waals surface area contributed by atoms with Crippen molar-refractivity contribution >= 4 is 29.0 Å². The second-order valence-electron chi connectivity index (χ2n) is 3.06. The number of carbonyl (C=O) groups excluding carboxylic acids is 1. The summed E-state index contributed by atoms with van der Waals surface area (Å²) in [5, 5.41) is 12.8. The lowest BCUT2D eigenvalue weighted by molar-refractivity contribution is 0.0696. The van der Waals surface area contributed by atoms with Crippen molar-refractivity contribution in [2.24, 2.45) is 0 Å². The van der Waals surface area contributed by atoms with Gasteiger partial charge >= 0.3 is 5.97 Å². The summed E-state index contributed by atoms with van der Waals surface area (Å²) in [5.74, 6) is -1.30. The Labute approximate surface area is 100.0 Å². The van der Waals surface area contributed by atoms with Gasteiger partial charge in [-0.3, -0.25) is 4.79 Å². The van der Waals surface area contributed by atoms with Crippen LogP contribution in [0.4, 0.5) is 5.82 Å². The Morgan fingerprint density at radius 1 is 1.35 bits per heavy atom. The third-order valence-electron chi connectivity index (χ3n) is 1.91. The summed E-state index contributed by atoms with van der Waals surface area (Å²) >= 11 is 1.30. The van der Waals surface area contributed by atoms with Crippen molar-refractivity contribution in [3.63, 3.8) is 0 Å². The van der Waals surface area contributed by atoms with E-state index in [2.05, 4.69) is 15.3 Å². The maximum absolute atomic E-state index is 11.6. The Balaban J connectivity index is 2.16. The summed E-state index contributed by atoms with van der Waals surface area (Å²) < 4.78 is 0. The number of hydrogen-bond donors (Lipinski definition) is 2. The third kappa shape index (κ3) is 2.64. The predicted octanol–water partition coefficient (Wildman–Crippen LogP) is 1.49. The number of nitrogens with one attached hydrogen (secondary N) is 1. The average Bonchev–Trinajstić information content (AvgIpc) is 2.82. The molecule has 2 aromatic heterocycles. The summed E-state index contributed by atoms with van der Waals surface area (Å²) in [4.78, 5) is 30.0. The van der Waals surface area contributed by atoms with E-state index in [0.717, 1.165) is 0 Å². The van der Waals surface area contributed by atoms with Crippen molar-refractivity contribution in [2.45, 2.75) is 0 Å². The Morgan fingerprint density at radius 3 is 2.82 bits per heavy atom. The lowest BCUT2D eigenvalue weighted by Crippen LogP contribution is -2.13. The molecular weight excluding hydrogens is 242 g/mol. The van der Waals surface area contributed by atoms with Crippen molar-refractivity contribution in [1.82, 2.24) is 9.97 Å². The largest absolute Gasteiger partial charge is 0.478 e. The Morgan fingerprint density at radius 2 is 2.18 bits per heavy atom. The van der Waals surface area contributed by atoms with Crippen LogP contribution in [0.25, 0.3) is 0 Å². The van der Waals surface area contributed by atoms with Gasteiger partial charge in [-0.15, -0.1) is 11.3 Å². The molecule has 0 aliphatic heterocycles. The molecule has 0 aromatic carbocycles. The van der Waals surface area contributed by atoms with Gasteiger partial charge in [-0.25, -0.2) is 14.8 Å². The predicted molar refractivity (Wildman–Crippen MR) is 61.3 cm³/mol. The van der Waals surface area contributed by atoms with E-state index in [4.69, 9.17) is 5.11 Å². The van der Waals surface area contributed by atoms with E-state index in [1.807, 2.05) is 0 Å². The monoisotopic (exact) mass is 249 g/mol. The van der Waals surface area contributed by atoms with Gasteiger partial charge in [0.2, 0.25) is 0 Å². The fourth-order valence-corrected chi connectivity index (χ4v) is 1.67. The topological polar surface area (TPSA) is 92.2 Å².